The molecule has 17 heavy (non-hydrogen) atoms. The van der Waals surface area contributed by atoms with Crippen molar-refractivity contribution >= 4 is 27.3 Å². The van der Waals surface area contributed by atoms with Gasteiger partial charge in [0.15, 0.2) is 0 Å². The zero-order valence-electron chi connectivity index (χ0n) is 9.77. The predicted molar refractivity (Wildman–Crippen MR) is 75.0 cm³/mol. The van der Waals surface area contributed by atoms with E-state index in [1.165, 1.54) is 5.56 Å². The maximum Gasteiger partial charge on any atom is 0.148 e. The van der Waals surface area contributed by atoms with Gasteiger partial charge in [-0.05, 0) is 31.0 Å². The van der Waals surface area contributed by atoms with Crippen LogP contribution in [0.2, 0.25) is 0 Å². The van der Waals surface area contributed by atoms with Gasteiger partial charge in [0.2, 0.25) is 0 Å². The first kappa shape index (κ1) is 12.7. The summed E-state index contributed by atoms with van der Waals surface area (Å²) in [6.07, 6.45) is 0.883. The highest BCUT2D eigenvalue weighted by molar-refractivity contribution is 9.10. The number of hydrogen-bond acceptors (Lipinski definition) is 4. The van der Waals surface area contributed by atoms with Gasteiger partial charge in [0, 0.05) is 10.0 Å². The van der Waals surface area contributed by atoms with Gasteiger partial charge in [-0.2, -0.15) is 0 Å². The zero-order valence-corrected chi connectivity index (χ0v) is 12.2. The van der Waals surface area contributed by atoms with Crippen LogP contribution in [0.15, 0.2) is 22.7 Å². The van der Waals surface area contributed by atoms with E-state index in [4.69, 9.17) is 5.73 Å². The number of rotatable bonds is 3. The van der Waals surface area contributed by atoms with E-state index in [0.29, 0.717) is 0 Å². The summed E-state index contributed by atoms with van der Waals surface area (Å²) in [7, 11) is 0. The van der Waals surface area contributed by atoms with Gasteiger partial charge in [-0.1, -0.05) is 40.3 Å². The molecule has 1 unspecified atom stereocenters. The quantitative estimate of drug-likeness (QED) is 0.940. The Bertz CT molecular complexity index is 524. The largest absolute Gasteiger partial charge is 0.322 e. The average molecular weight is 312 g/mol. The van der Waals surface area contributed by atoms with E-state index in [1.54, 1.807) is 11.3 Å². The van der Waals surface area contributed by atoms with Crippen molar-refractivity contribution in [2.75, 3.05) is 0 Å². The molecule has 1 atom stereocenters. The second-order valence-electron chi connectivity index (χ2n) is 3.92. The van der Waals surface area contributed by atoms with Crippen molar-refractivity contribution in [3.05, 3.63) is 33.2 Å². The van der Waals surface area contributed by atoms with Crippen LogP contribution in [0.5, 0.6) is 0 Å². The summed E-state index contributed by atoms with van der Waals surface area (Å²) in [5.74, 6) is 0. The van der Waals surface area contributed by atoms with Gasteiger partial charge >= 0.3 is 0 Å². The van der Waals surface area contributed by atoms with Crippen molar-refractivity contribution in [2.45, 2.75) is 26.3 Å². The molecule has 0 bridgehead atoms. The van der Waals surface area contributed by atoms with Gasteiger partial charge in [-0.3, -0.25) is 0 Å². The maximum absolute atomic E-state index is 5.95. The van der Waals surface area contributed by atoms with E-state index < -0.39 is 0 Å². The molecular weight excluding hydrogens is 298 g/mol. The summed E-state index contributed by atoms with van der Waals surface area (Å²) in [5, 5.41) is 10.2. The summed E-state index contributed by atoms with van der Waals surface area (Å²) >= 11 is 5.03. The van der Waals surface area contributed by atoms with Crippen LogP contribution in [0.3, 0.4) is 0 Å². The van der Waals surface area contributed by atoms with E-state index in [-0.39, 0.29) is 6.04 Å². The van der Waals surface area contributed by atoms with Crippen LogP contribution in [0.25, 0.3) is 10.6 Å². The van der Waals surface area contributed by atoms with Crippen molar-refractivity contribution in [1.82, 2.24) is 10.2 Å². The number of benzene rings is 1. The van der Waals surface area contributed by atoms with Crippen molar-refractivity contribution in [3.63, 3.8) is 0 Å². The van der Waals surface area contributed by atoms with Crippen molar-refractivity contribution < 1.29 is 0 Å². The molecule has 0 aliphatic carbocycles. The minimum Gasteiger partial charge on any atom is -0.322 e. The third-order valence-electron chi connectivity index (χ3n) is 2.62. The Hall–Kier alpha value is -0.780. The van der Waals surface area contributed by atoms with Gasteiger partial charge < -0.3 is 5.73 Å². The van der Waals surface area contributed by atoms with Crippen LogP contribution in [-0.2, 0) is 0 Å². The fourth-order valence-corrected chi connectivity index (χ4v) is 3.03. The number of hydrogen-bond donors (Lipinski definition) is 1. The van der Waals surface area contributed by atoms with Crippen LogP contribution < -0.4 is 5.73 Å². The molecule has 0 aliphatic rings. The summed E-state index contributed by atoms with van der Waals surface area (Å²) < 4.78 is 1.08. The van der Waals surface area contributed by atoms with E-state index in [1.807, 2.05) is 6.07 Å². The molecule has 0 saturated carbocycles. The Kier molecular flexibility index (Phi) is 3.91. The monoisotopic (exact) mass is 311 g/mol. The lowest BCUT2D eigenvalue weighted by molar-refractivity contribution is 0.683. The normalized spacial score (nSPS) is 12.7. The predicted octanol–water partition coefficient (Wildman–Crippen LogP) is 3.69. The van der Waals surface area contributed by atoms with Crippen LogP contribution in [0, 0.1) is 6.92 Å². The lowest BCUT2D eigenvalue weighted by Crippen LogP contribution is -2.07. The Morgan fingerprint density at radius 3 is 2.82 bits per heavy atom. The highest BCUT2D eigenvalue weighted by Crippen LogP contribution is 2.30. The first-order valence-electron chi connectivity index (χ1n) is 5.47. The van der Waals surface area contributed by atoms with Crippen LogP contribution in [-0.4, -0.2) is 10.2 Å². The molecule has 1 heterocycles. The molecule has 2 aromatic rings. The van der Waals surface area contributed by atoms with Gasteiger partial charge in [-0.15, -0.1) is 10.2 Å². The van der Waals surface area contributed by atoms with E-state index in [0.717, 1.165) is 26.5 Å². The summed E-state index contributed by atoms with van der Waals surface area (Å²) in [4.78, 5) is 0. The number of halogens is 1. The maximum atomic E-state index is 5.95. The van der Waals surface area contributed by atoms with Gasteiger partial charge in [0.1, 0.15) is 10.0 Å². The summed E-state index contributed by atoms with van der Waals surface area (Å²) in [5.41, 5.74) is 8.26. The number of aryl methyl sites for hydroxylation is 1. The highest BCUT2D eigenvalue weighted by atomic mass is 79.9. The molecule has 90 valence electrons. The van der Waals surface area contributed by atoms with Crippen LogP contribution in [0.1, 0.15) is 30.0 Å². The molecule has 2 rings (SSSR count). The van der Waals surface area contributed by atoms with Crippen molar-refractivity contribution in [1.29, 1.82) is 0 Å². The third-order valence-corrected chi connectivity index (χ3v) is 4.20. The minimum absolute atomic E-state index is 0.00277. The van der Waals surface area contributed by atoms with E-state index >= 15 is 0 Å². The standard InChI is InChI=1S/C12H14BrN3S/c1-3-10(14)12-16-15-11(17-12)9-5-4-8(13)6-7(9)2/h4-6,10H,3,14H2,1-2H3. The van der Waals surface area contributed by atoms with Gasteiger partial charge in [-0.25, -0.2) is 0 Å². The Balaban J connectivity index is 2.37. The fourth-order valence-electron chi connectivity index (χ4n) is 1.53. The zero-order chi connectivity index (χ0) is 12.4. The van der Waals surface area contributed by atoms with Gasteiger partial charge in [0.05, 0.1) is 6.04 Å². The van der Waals surface area contributed by atoms with Gasteiger partial charge in [0.25, 0.3) is 0 Å². The highest BCUT2D eigenvalue weighted by Gasteiger charge is 2.13. The number of aromatic nitrogens is 2. The molecular formula is C12H14BrN3S. The van der Waals surface area contributed by atoms with Crippen molar-refractivity contribution in [2.24, 2.45) is 5.73 Å². The molecule has 0 amide bonds. The molecule has 0 saturated heterocycles. The van der Waals surface area contributed by atoms with Crippen LogP contribution in [0.4, 0.5) is 0 Å². The van der Waals surface area contributed by atoms with Crippen molar-refractivity contribution in [3.8, 4) is 10.6 Å². The topological polar surface area (TPSA) is 51.8 Å². The molecule has 3 nitrogen and oxygen atoms in total. The number of nitrogens with zero attached hydrogens (tertiary/aromatic N) is 2. The Labute approximate surface area is 113 Å². The molecule has 5 heteroatoms. The second kappa shape index (κ2) is 5.25. The SMILES string of the molecule is CCC(N)c1nnc(-c2ccc(Br)cc2C)s1. The molecule has 1 aromatic carbocycles. The molecule has 0 fully saturated rings. The first-order valence-corrected chi connectivity index (χ1v) is 7.08. The lowest BCUT2D eigenvalue weighted by Gasteiger charge is -2.02. The molecule has 0 radical (unpaired) electrons. The lowest BCUT2D eigenvalue weighted by atomic mass is 10.1. The summed E-state index contributed by atoms with van der Waals surface area (Å²) in [6, 6.07) is 6.15. The second-order valence-corrected chi connectivity index (χ2v) is 5.84. The average Bonchev–Trinajstić information content (AvgIpc) is 2.77. The van der Waals surface area contributed by atoms with E-state index in [9.17, 15) is 0 Å². The molecule has 1 aromatic heterocycles. The molecule has 0 aliphatic heterocycles. The fraction of sp³-hybridized carbons (Fsp3) is 0.333. The van der Waals surface area contributed by atoms with Crippen LogP contribution >= 0.6 is 27.3 Å². The third kappa shape index (κ3) is 2.73. The summed E-state index contributed by atoms with van der Waals surface area (Å²) in [6.45, 7) is 4.12. The Morgan fingerprint density at radius 2 is 2.18 bits per heavy atom. The smallest absolute Gasteiger partial charge is 0.148 e. The number of nitrogens with two attached hydrogens (primary N) is 1. The first-order chi connectivity index (χ1) is 8.11. The minimum atomic E-state index is -0.00277. The molecule has 2 N–H and O–H groups in total. The Morgan fingerprint density at radius 1 is 1.41 bits per heavy atom. The van der Waals surface area contributed by atoms with E-state index in [2.05, 4.69) is 52.1 Å². The molecule has 0 spiro atoms.